The maximum Gasteiger partial charge on any atom is 0.331 e. The number of rotatable bonds is 7. The monoisotopic (exact) mass is 375 g/mol. The molecule has 0 saturated heterocycles. The van der Waals surface area contributed by atoms with E-state index in [0.29, 0.717) is 6.54 Å². The lowest BCUT2D eigenvalue weighted by Gasteiger charge is -2.01. The Labute approximate surface area is 163 Å². The summed E-state index contributed by atoms with van der Waals surface area (Å²) in [7, 11) is 1.49. The maximum absolute atomic E-state index is 11.9. The van der Waals surface area contributed by atoms with E-state index in [4.69, 9.17) is 9.84 Å². The van der Waals surface area contributed by atoms with Gasteiger partial charge in [-0.05, 0) is 11.6 Å². The fourth-order valence-corrected chi connectivity index (χ4v) is 2.65. The zero-order valence-electron chi connectivity index (χ0n) is 15.5. The molecule has 6 nitrogen and oxygen atoms in total. The third-order valence-electron chi connectivity index (χ3n) is 4.05. The molecule has 6 heteroatoms. The summed E-state index contributed by atoms with van der Waals surface area (Å²) in [6.45, 7) is 0.314. The summed E-state index contributed by atoms with van der Waals surface area (Å²) in [5, 5.41) is 7.09. The van der Waals surface area contributed by atoms with Crippen molar-refractivity contribution >= 4 is 18.0 Å². The first-order valence-corrected chi connectivity index (χ1v) is 8.88. The zero-order valence-corrected chi connectivity index (χ0v) is 15.5. The Hall–Kier alpha value is -3.67. The van der Waals surface area contributed by atoms with E-state index in [9.17, 15) is 9.59 Å². The van der Waals surface area contributed by atoms with Crippen molar-refractivity contribution in [2.75, 3.05) is 13.7 Å². The predicted octanol–water partition coefficient (Wildman–Crippen LogP) is 2.90. The van der Waals surface area contributed by atoms with Gasteiger partial charge in [0.05, 0.1) is 12.2 Å². The molecule has 2 aromatic carbocycles. The summed E-state index contributed by atoms with van der Waals surface area (Å²) in [6, 6.07) is 19.8. The number of aromatic nitrogens is 2. The lowest BCUT2D eigenvalue weighted by molar-refractivity contribution is -0.143. The van der Waals surface area contributed by atoms with E-state index in [1.165, 1.54) is 13.1 Å². The Kier molecular flexibility index (Phi) is 6.36. The van der Waals surface area contributed by atoms with Crippen molar-refractivity contribution in [2.45, 2.75) is 6.54 Å². The third-order valence-corrected chi connectivity index (χ3v) is 4.05. The molecule has 142 valence electrons. The molecule has 0 saturated carbocycles. The van der Waals surface area contributed by atoms with Crippen LogP contribution in [0.3, 0.4) is 0 Å². The second-order valence-corrected chi connectivity index (χ2v) is 6.10. The Morgan fingerprint density at radius 1 is 1.07 bits per heavy atom. The standard InChI is InChI=1S/C22H21N3O3/c1-23-20(26)16-28-21(27)13-12-19-15-25(14-17-8-4-2-5-9-17)24-22(19)18-10-6-3-7-11-18/h2-13,15H,14,16H2,1H3,(H,23,26)/b13-12+. The van der Waals surface area contributed by atoms with Gasteiger partial charge in [-0.3, -0.25) is 9.48 Å². The molecular formula is C22H21N3O3. The molecule has 0 aliphatic rings. The summed E-state index contributed by atoms with van der Waals surface area (Å²) in [5.74, 6) is -0.944. The van der Waals surface area contributed by atoms with E-state index in [1.54, 1.807) is 6.08 Å². The molecule has 0 fully saturated rings. The highest BCUT2D eigenvalue weighted by molar-refractivity contribution is 5.90. The maximum atomic E-state index is 11.9. The van der Waals surface area contributed by atoms with Gasteiger partial charge < -0.3 is 10.1 Å². The van der Waals surface area contributed by atoms with Crippen molar-refractivity contribution in [1.82, 2.24) is 15.1 Å². The second kappa shape index (κ2) is 9.32. The number of hydrogen-bond acceptors (Lipinski definition) is 4. The molecule has 0 aliphatic carbocycles. The van der Waals surface area contributed by atoms with Crippen molar-refractivity contribution in [3.8, 4) is 11.3 Å². The summed E-state index contributed by atoms with van der Waals surface area (Å²) in [6.07, 6.45) is 4.85. The Bertz CT molecular complexity index is 963. The minimum Gasteiger partial charge on any atom is -0.452 e. The van der Waals surface area contributed by atoms with E-state index < -0.39 is 5.97 Å². The molecule has 3 aromatic rings. The SMILES string of the molecule is CNC(=O)COC(=O)/C=C/c1cn(Cc2ccccc2)nc1-c1ccccc1. The summed E-state index contributed by atoms with van der Waals surface area (Å²) in [5.41, 5.74) is 3.64. The molecule has 0 atom stereocenters. The van der Waals surface area contributed by atoms with Gasteiger partial charge >= 0.3 is 5.97 Å². The molecule has 28 heavy (non-hydrogen) atoms. The highest BCUT2D eigenvalue weighted by Crippen LogP contribution is 2.23. The van der Waals surface area contributed by atoms with E-state index in [1.807, 2.05) is 71.5 Å². The number of carbonyl (C=O) groups is 2. The largest absolute Gasteiger partial charge is 0.452 e. The van der Waals surface area contributed by atoms with E-state index in [-0.39, 0.29) is 12.5 Å². The van der Waals surface area contributed by atoms with Crippen LogP contribution in [-0.4, -0.2) is 35.3 Å². The van der Waals surface area contributed by atoms with Gasteiger partial charge in [0.1, 0.15) is 0 Å². The van der Waals surface area contributed by atoms with Crippen molar-refractivity contribution in [1.29, 1.82) is 0 Å². The number of hydrogen-bond donors (Lipinski definition) is 1. The summed E-state index contributed by atoms with van der Waals surface area (Å²) >= 11 is 0. The van der Waals surface area contributed by atoms with Gasteiger partial charge in [-0.1, -0.05) is 60.7 Å². The van der Waals surface area contributed by atoms with E-state index in [0.717, 1.165) is 22.4 Å². The third kappa shape index (κ3) is 5.17. The second-order valence-electron chi connectivity index (χ2n) is 6.10. The molecule has 0 bridgehead atoms. The van der Waals surface area contributed by atoms with Gasteiger partial charge in [-0.25, -0.2) is 4.79 Å². The smallest absolute Gasteiger partial charge is 0.331 e. The normalized spacial score (nSPS) is 10.8. The minimum atomic E-state index is -0.585. The van der Waals surface area contributed by atoms with Crippen molar-refractivity contribution in [2.24, 2.45) is 0 Å². The van der Waals surface area contributed by atoms with Gasteiger partial charge in [-0.2, -0.15) is 5.10 Å². The van der Waals surface area contributed by atoms with Crippen molar-refractivity contribution in [3.05, 3.63) is 84.1 Å². The number of nitrogens with zero attached hydrogens (tertiary/aromatic N) is 2. The molecule has 1 heterocycles. The van der Waals surface area contributed by atoms with Gasteiger partial charge in [-0.15, -0.1) is 0 Å². The molecular weight excluding hydrogens is 354 g/mol. The first-order valence-electron chi connectivity index (χ1n) is 8.88. The lowest BCUT2D eigenvalue weighted by Crippen LogP contribution is -2.24. The van der Waals surface area contributed by atoms with Gasteiger partial charge in [0.2, 0.25) is 0 Å². The molecule has 0 aliphatic heterocycles. The Morgan fingerprint density at radius 2 is 1.75 bits per heavy atom. The van der Waals surface area contributed by atoms with Crippen LogP contribution in [0.2, 0.25) is 0 Å². The first kappa shape index (κ1) is 19.1. The highest BCUT2D eigenvalue weighted by Gasteiger charge is 2.10. The molecule has 0 radical (unpaired) electrons. The van der Waals surface area contributed by atoms with Crippen LogP contribution in [0.25, 0.3) is 17.3 Å². The summed E-state index contributed by atoms with van der Waals surface area (Å²) < 4.78 is 6.74. The van der Waals surface area contributed by atoms with Crippen LogP contribution in [0.5, 0.6) is 0 Å². The Morgan fingerprint density at radius 3 is 2.43 bits per heavy atom. The van der Waals surface area contributed by atoms with E-state index in [2.05, 4.69) is 5.32 Å². The van der Waals surface area contributed by atoms with Crippen LogP contribution in [0, 0.1) is 0 Å². The Balaban J connectivity index is 1.82. The molecule has 1 N–H and O–H groups in total. The molecule has 0 spiro atoms. The van der Waals surface area contributed by atoms with Crippen LogP contribution in [0.1, 0.15) is 11.1 Å². The fraction of sp³-hybridized carbons (Fsp3) is 0.136. The first-order chi connectivity index (χ1) is 13.7. The molecule has 0 unspecified atom stereocenters. The number of esters is 1. The quantitative estimate of drug-likeness (QED) is 0.509. The van der Waals surface area contributed by atoms with Gasteiger partial charge in [0.15, 0.2) is 6.61 Å². The number of nitrogens with one attached hydrogen (secondary N) is 1. The zero-order chi connectivity index (χ0) is 19.8. The molecule has 1 aromatic heterocycles. The average molecular weight is 375 g/mol. The number of benzene rings is 2. The van der Waals surface area contributed by atoms with Crippen LogP contribution in [-0.2, 0) is 20.9 Å². The fourth-order valence-electron chi connectivity index (χ4n) is 2.65. The van der Waals surface area contributed by atoms with Crippen LogP contribution >= 0.6 is 0 Å². The highest BCUT2D eigenvalue weighted by atomic mass is 16.5. The lowest BCUT2D eigenvalue weighted by atomic mass is 10.1. The molecule has 1 amide bonds. The van der Waals surface area contributed by atoms with Gasteiger partial charge in [0, 0.05) is 30.4 Å². The number of ether oxygens (including phenoxy) is 1. The summed E-state index contributed by atoms with van der Waals surface area (Å²) in [4.78, 5) is 23.0. The topological polar surface area (TPSA) is 73.2 Å². The van der Waals surface area contributed by atoms with Crippen LogP contribution in [0.4, 0.5) is 0 Å². The number of carbonyl (C=O) groups excluding carboxylic acids is 2. The predicted molar refractivity (Wildman–Crippen MR) is 107 cm³/mol. The van der Waals surface area contributed by atoms with Crippen LogP contribution in [0.15, 0.2) is 72.9 Å². The van der Waals surface area contributed by atoms with Crippen molar-refractivity contribution < 1.29 is 14.3 Å². The van der Waals surface area contributed by atoms with Gasteiger partial charge in [0.25, 0.3) is 5.91 Å². The van der Waals surface area contributed by atoms with E-state index >= 15 is 0 Å². The van der Waals surface area contributed by atoms with Crippen molar-refractivity contribution in [3.63, 3.8) is 0 Å². The molecule has 3 rings (SSSR count). The number of amides is 1. The van der Waals surface area contributed by atoms with Crippen LogP contribution < -0.4 is 5.32 Å². The number of likely N-dealkylation sites (N-methyl/N-ethyl adjacent to an activating group) is 1. The minimum absolute atomic E-state index is 0.307. The average Bonchev–Trinajstić information content (AvgIpc) is 3.14.